The van der Waals surface area contributed by atoms with Gasteiger partial charge in [0.1, 0.15) is 0 Å². The summed E-state index contributed by atoms with van der Waals surface area (Å²) in [4.78, 5) is 0.512. The van der Waals surface area contributed by atoms with Crippen LogP contribution in [0.5, 0.6) is 0 Å². The van der Waals surface area contributed by atoms with Crippen molar-refractivity contribution >= 4 is 15.9 Å². The Bertz CT molecular complexity index is 248. The molecular weight excluding hydrogens is 252 g/mol. The molecule has 0 spiro atoms. The normalized spacial score (nSPS) is 12.7. The molecule has 0 aliphatic heterocycles. The van der Waals surface area contributed by atoms with E-state index in [-0.39, 0.29) is 0 Å². The van der Waals surface area contributed by atoms with Crippen molar-refractivity contribution in [2.24, 2.45) is 0 Å². The summed E-state index contributed by atoms with van der Waals surface area (Å²) in [5, 5.41) is 0. The molecule has 0 amide bonds. The predicted molar refractivity (Wildman–Crippen MR) is 68.6 cm³/mol. The number of ether oxygens (including phenoxy) is 1. The van der Waals surface area contributed by atoms with Crippen LogP contribution in [0.15, 0.2) is 30.3 Å². The molecule has 15 heavy (non-hydrogen) atoms. The lowest BCUT2D eigenvalue weighted by atomic mass is 10.1. The van der Waals surface area contributed by atoms with Crippen molar-refractivity contribution in [1.29, 1.82) is 0 Å². The van der Waals surface area contributed by atoms with Gasteiger partial charge in [-0.25, -0.2) is 0 Å². The van der Waals surface area contributed by atoms with Crippen LogP contribution in [0, 0.1) is 0 Å². The zero-order chi connectivity index (χ0) is 10.9. The summed E-state index contributed by atoms with van der Waals surface area (Å²) in [6.45, 7) is 0.811. The maximum absolute atomic E-state index is 5.07. The van der Waals surface area contributed by atoms with E-state index in [1.54, 1.807) is 7.11 Å². The number of alkyl halides is 1. The average molecular weight is 271 g/mol. The first-order valence-corrected chi connectivity index (χ1v) is 6.41. The number of methoxy groups -OCH3 is 1. The maximum Gasteiger partial charge on any atom is 0.0587 e. The number of unbranched alkanes of at least 4 members (excludes halogenated alkanes) is 1. The van der Waals surface area contributed by atoms with Gasteiger partial charge in [0.05, 0.1) is 6.61 Å². The predicted octanol–water partition coefficient (Wildman–Crippen LogP) is 3.81. The Labute approximate surface area is 101 Å². The Morgan fingerprint density at radius 2 is 1.93 bits per heavy atom. The number of halogens is 1. The van der Waals surface area contributed by atoms with Crippen molar-refractivity contribution in [2.45, 2.75) is 30.5 Å². The summed E-state index contributed by atoms with van der Waals surface area (Å²) in [5.74, 6) is 0. The van der Waals surface area contributed by atoms with Crippen LogP contribution >= 0.6 is 15.9 Å². The molecule has 0 saturated heterocycles. The van der Waals surface area contributed by atoms with Gasteiger partial charge < -0.3 is 4.74 Å². The number of hydrogen-bond acceptors (Lipinski definition) is 1. The highest BCUT2D eigenvalue weighted by Crippen LogP contribution is 2.12. The summed E-state index contributed by atoms with van der Waals surface area (Å²) < 4.78 is 5.07. The fourth-order valence-electron chi connectivity index (χ4n) is 1.60. The molecule has 1 aromatic rings. The average Bonchev–Trinajstić information content (AvgIpc) is 2.26. The van der Waals surface area contributed by atoms with E-state index in [0.717, 1.165) is 6.61 Å². The third kappa shape index (κ3) is 5.95. The van der Waals surface area contributed by atoms with Gasteiger partial charge in [0.15, 0.2) is 0 Å². The van der Waals surface area contributed by atoms with Gasteiger partial charge in [0.25, 0.3) is 0 Å². The van der Waals surface area contributed by atoms with Crippen LogP contribution in [0.3, 0.4) is 0 Å². The fraction of sp³-hybridized carbons (Fsp3) is 0.538. The molecule has 0 aliphatic rings. The van der Waals surface area contributed by atoms with Gasteiger partial charge in [0.2, 0.25) is 0 Å². The maximum atomic E-state index is 5.07. The van der Waals surface area contributed by atoms with Gasteiger partial charge >= 0.3 is 0 Å². The molecule has 0 bridgehead atoms. The molecule has 2 heteroatoms. The fourth-order valence-corrected chi connectivity index (χ4v) is 2.19. The first kappa shape index (κ1) is 12.7. The first-order chi connectivity index (χ1) is 7.33. The van der Waals surface area contributed by atoms with Gasteiger partial charge in [-0.2, -0.15) is 0 Å². The van der Waals surface area contributed by atoms with E-state index in [4.69, 9.17) is 4.74 Å². The highest BCUT2D eigenvalue weighted by atomic mass is 79.9. The van der Waals surface area contributed by atoms with Crippen LogP contribution in [-0.4, -0.2) is 18.5 Å². The second-order valence-electron chi connectivity index (χ2n) is 3.78. The molecule has 0 fully saturated rings. The molecule has 1 unspecified atom stereocenters. The zero-order valence-electron chi connectivity index (χ0n) is 9.29. The molecule has 1 atom stereocenters. The molecule has 0 aliphatic carbocycles. The van der Waals surface area contributed by atoms with E-state index in [0.29, 0.717) is 4.83 Å². The van der Waals surface area contributed by atoms with E-state index in [1.807, 2.05) is 0 Å². The third-order valence-electron chi connectivity index (χ3n) is 2.42. The molecule has 0 radical (unpaired) electrons. The molecule has 0 heterocycles. The van der Waals surface area contributed by atoms with Gasteiger partial charge in [-0.05, 0) is 24.8 Å². The summed E-state index contributed by atoms with van der Waals surface area (Å²) >= 11 is 3.60. The van der Waals surface area contributed by atoms with Crippen LogP contribution in [0.2, 0.25) is 0 Å². The molecule has 1 nitrogen and oxygen atoms in total. The van der Waals surface area contributed by atoms with Crippen LogP contribution < -0.4 is 0 Å². The molecule has 0 aromatic heterocycles. The Morgan fingerprint density at radius 3 is 2.60 bits per heavy atom. The van der Waals surface area contributed by atoms with E-state index in [9.17, 15) is 0 Å². The Morgan fingerprint density at radius 1 is 1.20 bits per heavy atom. The SMILES string of the molecule is COCC(Br)CCCCc1ccccc1. The van der Waals surface area contributed by atoms with E-state index in [2.05, 4.69) is 46.3 Å². The van der Waals surface area contributed by atoms with E-state index >= 15 is 0 Å². The topological polar surface area (TPSA) is 9.23 Å². The molecule has 0 saturated carbocycles. The van der Waals surface area contributed by atoms with Gasteiger partial charge in [0, 0.05) is 11.9 Å². The van der Waals surface area contributed by atoms with E-state index < -0.39 is 0 Å². The molecule has 1 aromatic carbocycles. The number of hydrogen-bond donors (Lipinski definition) is 0. The monoisotopic (exact) mass is 270 g/mol. The largest absolute Gasteiger partial charge is 0.384 e. The smallest absolute Gasteiger partial charge is 0.0587 e. The molecule has 1 rings (SSSR count). The number of rotatable bonds is 7. The zero-order valence-corrected chi connectivity index (χ0v) is 10.9. The van der Waals surface area contributed by atoms with Crippen molar-refractivity contribution in [3.63, 3.8) is 0 Å². The second-order valence-corrected chi connectivity index (χ2v) is 5.08. The number of benzene rings is 1. The van der Waals surface area contributed by atoms with Crippen molar-refractivity contribution < 1.29 is 4.74 Å². The van der Waals surface area contributed by atoms with Crippen molar-refractivity contribution in [1.82, 2.24) is 0 Å². The van der Waals surface area contributed by atoms with Crippen molar-refractivity contribution in [3.05, 3.63) is 35.9 Å². The minimum Gasteiger partial charge on any atom is -0.384 e. The van der Waals surface area contributed by atoms with Crippen LogP contribution in [-0.2, 0) is 11.2 Å². The second kappa shape index (κ2) is 7.89. The van der Waals surface area contributed by atoms with Crippen molar-refractivity contribution in [2.75, 3.05) is 13.7 Å². The summed E-state index contributed by atoms with van der Waals surface area (Å²) in [7, 11) is 1.75. The summed E-state index contributed by atoms with van der Waals surface area (Å²) in [6, 6.07) is 10.7. The lowest BCUT2D eigenvalue weighted by Gasteiger charge is -2.07. The molecule has 84 valence electrons. The molecular formula is C13H19BrO. The Hall–Kier alpha value is -0.340. The Kier molecular flexibility index (Phi) is 6.69. The third-order valence-corrected chi connectivity index (χ3v) is 3.15. The van der Waals surface area contributed by atoms with Crippen LogP contribution in [0.25, 0.3) is 0 Å². The van der Waals surface area contributed by atoms with Gasteiger partial charge in [-0.3, -0.25) is 0 Å². The lowest BCUT2D eigenvalue weighted by molar-refractivity contribution is 0.198. The highest BCUT2D eigenvalue weighted by Gasteiger charge is 2.02. The quantitative estimate of drug-likeness (QED) is 0.541. The number of aryl methyl sites for hydroxylation is 1. The standard InChI is InChI=1S/C13H19BrO/c1-15-11-13(14)10-6-5-9-12-7-3-2-4-8-12/h2-4,7-8,13H,5-6,9-11H2,1H3. The highest BCUT2D eigenvalue weighted by molar-refractivity contribution is 9.09. The summed E-state index contributed by atoms with van der Waals surface area (Å²) in [6.07, 6.45) is 4.90. The van der Waals surface area contributed by atoms with E-state index in [1.165, 1.54) is 31.2 Å². The van der Waals surface area contributed by atoms with Crippen molar-refractivity contribution in [3.8, 4) is 0 Å². The lowest BCUT2D eigenvalue weighted by Crippen LogP contribution is -2.06. The van der Waals surface area contributed by atoms with Gasteiger partial charge in [-0.1, -0.05) is 52.7 Å². The molecule has 0 N–H and O–H groups in total. The minimum atomic E-state index is 0.512. The summed E-state index contributed by atoms with van der Waals surface area (Å²) in [5.41, 5.74) is 1.44. The van der Waals surface area contributed by atoms with Crippen LogP contribution in [0.1, 0.15) is 24.8 Å². The van der Waals surface area contributed by atoms with Crippen LogP contribution in [0.4, 0.5) is 0 Å². The minimum absolute atomic E-state index is 0.512. The Balaban J connectivity index is 2.07. The first-order valence-electron chi connectivity index (χ1n) is 5.50. The van der Waals surface area contributed by atoms with Gasteiger partial charge in [-0.15, -0.1) is 0 Å².